The molecule has 1 fully saturated rings. The smallest absolute Gasteiger partial charge is 0.399 e. The minimum Gasteiger partial charge on any atom is -0.399 e. The number of aromatic nitrogens is 4. The molecule has 0 atom stereocenters. The highest BCUT2D eigenvalue weighted by molar-refractivity contribution is 9.10. The van der Waals surface area contributed by atoms with Gasteiger partial charge in [0.25, 0.3) is 0 Å². The van der Waals surface area contributed by atoms with Crippen LogP contribution in [0.4, 0.5) is 0 Å². The van der Waals surface area contributed by atoms with Gasteiger partial charge in [-0.15, -0.1) is 0 Å². The average Bonchev–Trinajstić information content (AvgIpc) is 3.32. The van der Waals surface area contributed by atoms with Crippen LogP contribution < -0.4 is 5.46 Å². The van der Waals surface area contributed by atoms with E-state index in [-0.39, 0.29) is 18.3 Å². The predicted octanol–water partition coefficient (Wildman–Crippen LogP) is 3.73. The van der Waals surface area contributed by atoms with Gasteiger partial charge in [0.1, 0.15) is 11.3 Å². The highest BCUT2D eigenvalue weighted by Crippen LogP contribution is 2.36. The molecule has 8 heteroatoms. The molecule has 28 heavy (non-hydrogen) atoms. The molecule has 0 bridgehead atoms. The van der Waals surface area contributed by atoms with Crippen LogP contribution in [0.1, 0.15) is 27.7 Å². The van der Waals surface area contributed by atoms with E-state index >= 15 is 0 Å². The summed E-state index contributed by atoms with van der Waals surface area (Å²) in [7, 11) is -0.318. The number of hydrogen-bond acceptors (Lipinski definition) is 4. The molecule has 1 saturated heterocycles. The molecule has 0 aromatic carbocycles. The van der Waals surface area contributed by atoms with Crippen molar-refractivity contribution in [2.75, 3.05) is 0 Å². The van der Waals surface area contributed by atoms with Gasteiger partial charge >= 0.3 is 7.12 Å². The van der Waals surface area contributed by atoms with Gasteiger partial charge in [-0.2, -0.15) is 0 Å². The predicted molar refractivity (Wildman–Crippen MR) is 114 cm³/mol. The van der Waals surface area contributed by atoms with E-state index in [4.69, 9.17) is 9.31 Å². The van der Waals surface area contributed by atoms with Gasteiger partial charge in [-0.25, -0.2) is 9.97 Å². The second kappa shape index (κ2) is 7.02. The first-order valence-electron chi connectivity index (χ1n) is 9.12. The molecule has 144 valence electrons. The van der Waals surface area contributed by atoms with Crippen LogP contribution in [-0.2, 0) is 9.31 Å². The van der Waals surface area contributed by atoms with Gasteiger partial charge < -0.3 is 18.1 Å². The van der Waals surface area contributed by atoms with Gasteiger partial charge in [-0.3, -0.25) is 0 Å². The van der Waals surface area contributed by atoms with Crippen molar-refractivity contribution < 1.29 is 9.31 Å². The summed E-state index contributed by atoms with van der Waals surface area (Å²) >= 11 is 3.37. The van der Waals surface area contributed by atoms with Crippen molar-refractivity contribution in [3.63, 3.8) is 0 Å². The lowest BCUT2D eigenvalue weighted by Crippen LogP contribution is -2.41. The van der Waals surface area contributed by atoms with Crippen molar-refractivity contribution in [3.8, 4) is 0 Å². The Bertz CT molecular complexity index is 1110. The van der Waals surface area contributed by atoms with E-state index in [1.54, 1.807) is 12.4 Å². The Morgan fingerprint density at radius 3 is 1.96 bits per heavy atom. The maximum atomic E-state index is 6.02. The lowest BCUT2D eigenvalue weighted by atomic mass is 9.80. The first-order valence-corrected chi connectivity index (χ1v) is 9.91. The van der Waals surface area contributed by atoms with Crippen LogP contribution >= 0.6 is 15.9 Å². The van der Waals surface area contributed by atoms with E-state index in [0.29, 0.717) is 0 Å². The molecule has 1 aliphatic heterocycles. The summed E-state index contributed by atoms with van der Waals surface area (Å²) in [6.45, 7) is 8.23. The fourth-order valence-electron chi connectivity index (χ4n) is 2.95. The summed E-state index contributed by atoms with van der Waals surface area (Å²) in [5.41, 5.74) is 2.31. The Hall–Kier alpha value is -2.16. The second-order valence-corrected chi connectivity index (χ2v) is 8.70. The van der Waals surface area contributed by atoms with Gasteiger partial charge in [0.15, 0.2) is 0 Å². The Labute approximate surface area is 172 Å². The number of halogens is 1. The molecule has 5 rings (SSSR count). The standard InChI is InChI=1S/C13H17BN2O2.C7H5BrN2/c1-12(2)13(3,4)18-14(17-12)10-5-6-11-15-7-8-16(11)9-10;8-6-1-2-7-9-3-4-10(7)5-6/h5-9H,1-4H3;1-5H. The first-order chi connectivity index (χ1) is 13.2. The summed E-state index contributed by atoms with van der Waals surface area (Å²) in [4.78, 5) is 8.33. The Kier molecular flexibility index (Phi) is 4.81. The summed E-state index contributed by atoms with van der Waals surface area (Å²) < 4.78 is 17.0. The zero-order chi connectivity index (χ0) is 19.9. The minimum atomic E-state index is -0.318. The Morgan fingerprint density at radius 1 is 0.821 bits per heavy atom. The van der Waals surface area contributed by atoms with E-state index in [9.17, 15) is 0 Å². The molecule has 0 saturated carbocycles. The lowest BCUT2D eigenvalue weighted by Gasteiger charge is -2.32. The molecule has 0 unspecified atom stereocenters. The summed E-state index contributed by atoms with van der Waals surface area (Å²) in [5.74, 6) is 0. The van der Waals surface area contributed by atoms with E-state index in [1.165, 1.54) is 0 Å². The van der Waals surface area contributed by atoms with Crippen molar-refractivity contribution in [1.82, 2.24) is 18.8 Å². The lowest BCUT2D eigenvalue weighted by molar-refractivity contribution is 0.00578. The Morgan fingerprint density at radius 2 is 1.36 bits per heavy atom. The number of pyridine rings is 2. The highest BCUT2D eigenvalue weighted by atomic mass is 79.9. The molecule has 4 aromatic heterocycles. The summed E-state index contributed by atoms with van der Waals surface area (Å²) in [6, 6.07) is 7.91. The van der Waals surface area contributed by atoms with Crippen LogP contribution in [0.15, 0.2) is 65.9 Å². The molecule has 0 amide bonds. The molecule has 4 aromatic rings. The largest absolute Gasteiger partial charge is 0.496 e. The molecule has 1 aliphatic rings. The maximum Gasteiger partial charge on any atom is 0.496 e. The van der Waals surface area contributed by atoms with Crippen LogP contribution in [0.2, 0.25) is 0 Å². The molecule has 0 radical (unpaired) electrons. The third kappa shape index (κ3) is 3.59. The monoisotopic (exact) mass is 440 g/mol. The van der Waals surface area contributed by atoms with E-state index in [2.05, 4.69) is 53.6 Å². The van der Waals surface area contributed by atoms with Crippen LogP contribution in [0, 0.1) is 0 Å². The van der Waals surface area contributed by atoms with Crippen LogP contribution in [-0.4, -0.2) is 37.1 Å². The molecular formula is C20H22BBrN4O2. The van der Waals surface area contributed by atoms with Gasteiger partial charge in [0.2, 0.25) is 0 Å². The number of nitrogens with zero attached hydrogens (tertiary/aromatic N) is 4. The van der Waals surface area contributed by atoms with Crippen molar-refractivity contribution in [2.45, 2.75) is 38.9 Å². The van der Waals surface area contributed by atoms with Crippen molar-refractivity contribution in [2.24, 2.45) is 0 Å². The maximum absolute atomic E-state index is 6.02. The number of hydrogen-bond donors (Lipinski definition) is 0. The topological polar surface area (TPSA) is 53.1 Å². The first kappa shape index (κ1) is 19.2. The van der Waals surface area contributed by atoms with Gasteiger partial charge in [-0.1, -0.05) is 6.07 Å². The minimum absolute atomic E-state index is 0.304. The van der Waals surface area contributed by atoms with Gasteiger partial charge in [0, 0.05) is 41.7 Å². The number of fused-ring (bicyclic) bond motifs is 2. The van der Waals surface area contributed by atoms with Gasteiger partial charge in [-0.05, 0) is 67.3 Å². The molecule has 0 aliphatic carbocycles. The fourth-order valence-corrected chi connectivity index (χ4v) is 3.30. The summed E-state index contributed by atoms with van der Waals surface area (Å²) in [5, 5.41) is 0. The second-order valence-electron chi connectivity index (χ2n) is 7.78. The molecule has 6 nitrogen and oxygen atoms in total. The van der Waals surface area contributed by atoms with E-state index < -0.39 is 0 Å². The molecule has 5 heterocycles. The van der Waals surface area contributed by atoms with Crippen LogP contribution in [0.3, 0.4) is 0 Å². The van der Waals surface area contributed by atoms with Crippen molar-refractivity contribution in [1.29, 1.82) is 0 Å². The van der Waals surface area contributed by atoms with Crippen LogP contribution in [0.5, 0.6) is 0 Å². The third-order valence-corrected chi connectivity index (χ3v) is 5.76. The molecule has 0 spiro atoms. The SMILES string of the molecule is Brc1ccc2nccn2c1.CC1(C)OB(c2ccc3nccn3c2)OC1(C)C. The van der Waals surface area contributed by atoms with Crippen molar-refractivity contribution in [3.05, 3.63) is 65.9 Å². The quantitative estimate of drug-likeness (QED) is 0.423. The zero-order valence-corrected chi connectivity index (χ0v) is 17.9. The third-order valence-electron chi connectivity index (χ3n) is 5.29. The summed E-state index contributed by atoms with van der Waals surface area (Å²) in [6.07, 6.45) is 11.4. The fraction of sp³-hybridized carbons (Fsp3) is 0.300. The number of rotatable bonds is 1. The van der Waals surface area contributed by atoms with Gasteiger partial charge in [0.05, 0.1) is 11.2 Å². The zero-order valence-electron chi connectivity index (χ0n) is 16.3. The van der Waals surface area contributed by atoms with Crippen molar-refractivity contribution >= 4 is 39.8 Å². The van der Waals surface area contributed by atoms with E-state index in [0.717, 1.165) is 21.2 Å². The Balaban J connectivity index is 0.000000162. The molecule has 0 N–H and O–H groups in total. The normalized spacial score (nSPS) is 17.7. The highest BCUT2D eigenvalue weighted by Gasteiger charge is 2.51. The van der Waals surface area contributed by atoms with Crippen LogP contribution in [0.25, 0.3) is 11.3 Å². The average molecular weight is 441 g/mol. The van der Waals surface area contributed by atoms with E-state index in [1.807, 2.05) is 57.9 Å². The number of imidazole rings is 2. The molecular weight excluding hydrogens is 419 g/mol.